The average Bonchev–Trinajstić information content (AvgIpc) is 2.44. The van der Waals surface area contributed by atoms with Crippen LogP contribution in [0.5, 0.6) is 0 Å². The lowest BCUT2D eigenvalue weighted by atomic mass is 10.2. The molecule has 0 heterocycles. The largest absolute Gasteiger partial charge is 0.395 e. The van der Waals surface area contributed by atoms with Crippen molar-refractivity contribution in [3.05, 3.63) is 35.6 Å². The third-order valence-corrected chi connectivity index (χ3v) is 2.58. The molecule has 0 fully saturated rings. The molecule has 110 valence electrons. The Bertz CT molecular complexity index is 461. The minimum absolute atomic E-state index is 0.0786. The molecule has 1 aromatic rings. The molecule has 0 aliphatic rings. The Morgan fingerprint density at radius 1 is 1.20 bits per heavy atom. The number of rotatable bonds is 7. The van der Waals surface area contributed by atoms with E-state index < -0.39 is 17.6 Å². The van der Waals surface area contributed by atoms with Gasteiger partial charge in [-0.25, -0.2) is 4.39 Å². The smallest absolute Gasteiger partial charge is 0.251 e. The third-order valence-electron chi connectivity index (χ3n) is 2.58. The normalized spacial score (nSPS) is 10.2. The highest BCUT2D eigenvalue weighted by molar-refractivity contribution is 5.96. The summed E-state index contributed by atoms with van der Waals surface area (Å²) in [5, 5.41) is 20.0. The molecule has 0 aromatic heterocycles. The number of aliphatic hydroxyl groups is 2. The maximum Gasteiger partial charge on any atom is 0.251 e. The highest BCUT2D eigenvalue weighted by Crippen LogP contribution is 2.03. The molecule has 3 N–H and O–H groups in total. The fraction of sp³-hybridized carbons (Fsp3) is 0.385. The van der Waals surface area contributed by atoms with Crippen LogP contribution in [-0.2, 0) is 4.79 Å². The van der Waals surface area contributed by atoms with E-state index >= 15 is 0 Å². The molecular weight excluding hydrogens is 267 g/mol. The van der Waals surface area contributed by atoms with Gasteiger partial charge in [-0.05, 0) is 18.2 Å². The summed E-state index contributed by atoms with van der Waals surface area (Å²) in [5.41, 5.74) is 0.119. The monoisotopic (exact) mass is 284 g/mol. The van der Waals surface area contributed by atoms with E-state index in [-0.39, 0.29) is 38.4 Å². The molecule has 0 bridgehead atoms. The molecule has 0 radical (unpaired) electrons. The summed E-state index contributed by atoms with van der Waals surface area (Å²) in [6, 6.07) is 5.11. The van der Waals surface area contributed by atoms with Gasteiger partial charge in [0.2, 0.25) is 5.91 Å². The summed E-state index contributed by atoms with van der Waals surface area (Å²) in [6.45, 7) is -0.590. The van der Waals surface area contributed by atoms with E-state index in [1.165, 1.54) is 23.1 Å². The van der Waals surface area contributed by atoms with Crippen LogP contribution in [0.3, 0.4) is 0 Å². The number of halogens is 1. The van der Waals surface area contributed by atoms with Crippen LogP contribution in [0.4, 0.5) is 4.39 Å². The van der Waals surface area contributed by atoms with Gasteiger partial charge in [0.05, 0.1) is 19.8 Å². The van der Waals surface area contributed by atoms with Gasteiger partial charge in [0.15, 0.2) is 0 Å². The number of amides is 2. The van der Waals surface area contributed by atoms with Crippen LogP contribution in [0.2, 0.25) is 0 Å². The Morgan fingerprint density at radius 2 is 1.85 bits per heavy atom. The van der Waals surface area contributed by atoms with Gasteiger partial charge in [-0.3, -0.25) is 9.59 Å². The third kappa shape index (κ3) is 4.94. The van der Waals surface area contributed by atoms with E-state index in [9.17, 15) is 14.0 Å². The number of benzene rings is 1. The van der Waals surface area contributed by atoms with Crippen molar-refractivity contribution in [2.45, 2.75) is 0 Å². The molecule has 0 aliphatic heterocycles. The molecule has 1 aromatic carbocycles. The summed E-state index contributed by atoms with van der Waals surface area (Å²) < 4.78 is 12.9. The van der Waals surface area contributed by atoms with E-state index in [1.807, 2.05) is 0 Å². The van der Waals surface area contributed by atoms with Crippen LogP contribution >= 0.6 is 0 Å². The van der Waals surface area contributed by atoms with Crippen LogP contribution in [0, 0.1) is 5.82 Å². The van der Waals surface area contributed by atoms with Gasteiger partial charge in [0, 0.05) is 18.7 Å². The zero-order valence-corrected chi connectivity index (χ0v) is 10.9. The zero-order valence-electron chi connectivity index (χ0n) is 10.9. The molecule has 0 aliphatic carbocycles. The van der Waals surface area contributed by atoms with Crippen LogP contribution in [0.25, 0.3) is 0 Å². The number of nitrogens with one attached hydrogen (secondary N) is 1. The minimum Gasteiger partial charge on any atom is -0.395 e. The van der Waals surface area contributed by atoms with Gasteiger partial charge >= 0.3 is 0 Å². The second-order valence-corrected chi connectivity index (χ2v) is 4.02. The minimum atomic E-state index is -0.564. The van der Waals surface area contributed by atoms with E-state index in [0.717, 1.165) is 6.07 Å². The van der Waals surface area contributed by atoms with Gasteiger partial charge in [0.1, 0.15) is 5.82 Å². The first-order valence-electron chi connectivity index (χ1n) is 6.11. The maximum atomic E-state index is 12.9. The Labute approximate surface area is 115 Å². The number of aliphatic hydroxyl groups excluding tert-OH is 2. The van der Waals surface area contributed by atoms with Crippen LogP contribution < -0.4 is 5.32 Å². The summed E-state index contributed by atoms with van der Waals surface area (Å²) in [6.07, 6.45) is 0. The van der Waals surface area contributed by atoms with Crippen molar-refractivity contribution >= 4 is 11.8 Å². The Morgan fingerprint density at radius 3 is 2.40 bits per heavy atom. The lowest BCUT2D eigenvalue weighted by Crippen LogP contribution is -2.42. The van der Waals surface area contributed by atoms with Crippen molar-refractivity contribution in [1.82, 2.24) is 10.2 Å². The molecule has 2 amide bonds. The molecule has 0 saturated carbocycles. The summed E-state index contributed by atoms with van der Waals surface area (Å²) in [5.74, 6) is -1.53. The van der Waals surface area contributed by atoms with E-state index in [0.29, 0.717) is 0 Å². The number of hydrogen-bond acceptors (Lipinski definition) is 4. The van der Waals surface area contributed by atoms with Crippen LogP contribution in [0.15, 0.2) is 24.3 Å². The van der Waals surface area contributed by atoms with Crippen molar-refractivity contribution in [2.75, 3.05) is 32.8 Å². The molecule has 6 nitrogen and oxygen atoms in total. The Kier molecular flexibility index (Phi) is 6.61. The van der Waals surface area contributed by atoms with Gasteiger partial charge in [0.25, 0.3) is 5.91 Å². The molecule has 1 rings (SSSR count). The van der Waals surface area contributed by atoms with Crippen molar-refractivity contribution in [3.63, 3.8) is 0 Å². The predicted octanol–water partition coefficient (Wildman–Crippen LogP) is -0.631. The number of hydrogen-bond donors (Lipinski definition) is 3. The summed E-state index contributed by atoms with van der Waals surface area (Å²) in [7, 11) is 0. The quantitative estimate of drug-likeness (QED) is 0.622. The second-order valence-electron chi connectivity index (χ2n) is 4.02. The van der Waals surface area contributed by atoms with Crippen LogP contribution in [0.1, 0.15) is 10.4 Å². The summed E-state index contributed by atoms with van der Waals surface area (Å²) in [4.78, 5) is 24.7. The van der Waals surface area contributed by atoms with Crippen LogP contribution in [-0.4, -0.2) is 59.8 Å². The topological polar surface area (TPSA) is 89.9 Å². The van der Waals surface area contributed by atoms with E-state index in [4.69, 9.17) is 10.2 Å². The predicted molar refractivity (Wildman–Crippen MR) is 69.5 cm³/mol. The van der Waals surface area contributed by atoms with E-state index in [1.54, 1.807) is 0 Å². The molecule has 0 saturated heterocycles. The number of carbonyl (C=O) groups excluding carboxylic acids is 2. The van der Waals surface area contributed by atoms with Gasteiger partial charge in [-0.1, -0.05) is 6.07 Å². The van der Waals surface area contributed by atoms with Crippen molar-refractivity contribution in [2.24, 2.45) is 0 Å². The van der Waals surface area contributed by atoms with Gasteiger partial charge in [-0.2, -0.15) is 0 Å². The zero-order chi connectivity index (χ0) is 15.0. The molecule has 0 unspecified atom stereocenters. The first-order valence-corrected chi connectivity index (χ1v) is 6.11. The second kappa shape index (κ2) is 8.23. The van der Waals surface area contributed by atoms with Crippen molar-refractivity contribution < 1.29 is 24.2 Å². The number of nitrogens with zero attached hydrogens (tertiary/aromatic N) is 1. The lowest BCUT2D eigenvalue weighted by Gasteiger charge is -2.20. The molecular formula is C13H17FN2O4. The number of carbonyl (C=O) groups is 2. The summed E-state index contributed by atoms with van der Waals surface area (Å²) >= 11 is 0. The van der Waals surface area contributed by atoms with Gasteiger partial charge in [-0.15, -0.1) is 0 Å². The molecule has 20 heavy (non-hydrogen) atoms. The fourth-order valence-corrected chi connectivity index (χ4v) is 1.60. The molecule has 0 spiro atoms. The first kappa shape index (κ1) is 16.1. The molecule has 0 atom stereocenters. The fourth-order valence-electron chi connectivity index (χ4n) is 1.60. The maximum absolute atomic E-state index is 12.9. The lowest BCUT2D eigenvalue weighted by molar-refractivity contribution is -0.131. The highest BCUT2D eigenvalue weighted by Gasteiger charge is 2.14. The standard InChI is InChI=1S/C13H17FN2O4/c14-11-3-1-2-10(8-11)13(20)15-9-12(19)16(4-6-17)5-7-18/h1-3,8,17-18H,4-7,9H2,(H,15,20). The Balaban J connectivity index is 2.53. The highest BCUT2D eigenvalue weighted by atomic mass is 19.1. The average molecular weight is 284 g/mol. The first-order chi connectivity index (χ1) is 9.58. The molecule has 7 heteroatoms. The SMILES string of the molecule is O=C(NCC(=O)N(CCO)CCO)c1cccc(F)c1. The van der Waals surface area contributed by atoms with Crippen molar-refractivity contribution in [3.8, 4) is 0 Å². The van der Waals surface area contributed by atoms with Gasteiger partial charge < -0.3 is 20.4 Å². The Hall–Kier alpha value is -1.99. The van der Waals surface area contributed by atoms with Crippen molar-refractivity contribution in [1.29, 1.82) is 0 Å². The van der Waals surface area contributed by atoms with E-state index in [2.05, 4.69) is 5.32 Å².